The van der Waals surface area contributed by atoms with E-state index >= 15 is 0 Å². The van der Waals surface area contributed by atoms with Gasteiger partial charge < -0.3 is 5.11 Å². The molecule has 1 aromatic rings. The van der Waals surface area contributed by atoms with Gasteiger partial charge in [0, 0.05) is 24.3 Å². The number of hydrogen-bond acceptors (Lipinski definition) is 3. The number of benzene rings is 1. The van der Waals surface area contributed by atoms with Gasteiger partial charge in [-0.3, -0.25) is 14.4 Å². The van der Waals surface area contributed by atoms with Crippen molar-refractivity contribution in [1.82, 2.24) is 0 Å². The minimum absolute atomic E-state index is 0.0132. The fraction of sp³-hybridized carbons (Fsp3) is 0.476. The van der Waals surface area contributed by atoms with Crippen LogP contribution in [0.1, 0.15) is 61.7 Å². The van der Waals surface area contributed by atoms with E-state index in [-0.39, 0.29) is 24.0 Å². The Morgan fingerprint density at radius 1 is 1.08 bits per heavy atom. The van der Waals surface area contributed by atoms with Crippen LogP contribution in [0.25, 0.3) is 0 Å². The predicted molar refractivity (Wildman–Crippen MR) is 96.5 cm³/mol. The summed E-state index contributed by atoms with van der Waals surface area (Å²) in [6.45, 7) is 0. The molecule has 2 unspecified atom stereocenters. The molecule has 2 atom stereocenters. The summed E-state index contributed by atoms with van der Waals surface area (Å²) < 4.78 is 0. The number of allylic oxidation sites excluding steroid dienone is 2. The Morgan fingerprint density at radius 3 is 2.52 bits per heavy atom. The standard InChI is InChI=1S/C21H26O4/c22-19(17-8-4-3-5-9-17)14-12-16-13-15-20(23)18(16)10-6-1-2-7-11-21(24)25/h3-5,8-9,12,14,16,18H,1-2,6-7,10-11,13,15H2,(H,24,25)/b14-12+. The van der Waals surface area contributed by atoms with Gasteiger partial charge in [0.1, 0.15) is 5.78 Å². The Labute approximate surface area is 148 Å². The van der Waals surface area contributed by atoms with Gasteiger partial charge in [0.2, 0.25) is 0 Å². The van der Waals surface area contributed by atoms with E-state index in [1.165, 1.54) is 0 Å². The van der Waals surface area contributed by atoms with Crippen LogP contribution in [0.15, 0.2) is 42.5 Å². The van der Waals surface area contributed by atoms with Gasteiger partial charge in [0.15, 0.2) is 5.78 Å². The Morgan fingerprint density at radius 2 is 1.80 bits per heavy atom. The lowest BCUT2D eigenvalue weighted by Crippen LogP contribution is -2.13. The van der Waals surface area contributed by atoms with E-state index in [4.69, 9.17) is 5.11 Å². The fourth-order valence-electron chi connectivity index (χ4n) is 3.44. The van der Waals surface area contributed by atoms with Gasteiger partial charge >= 0.3 is 5.97 Å². The zero-order valence-corrected chi connectivity index (χ0v) is 14.5. The lowest BCUT2D eigenvalue weighted by atomic mass is 9.89. The molecule has 1 aromatic carbocycles. The molecule has 25 heavy (non-hydrogen) atoms. The van der Waals surface area contributed by atoms with E-state index in [1.807, 2.05) is 24.3 Å². The highest BCUT2D eigenvalue weighted by Crippen LogP contribution is 2.33. The lowest BCUT2D eigenvalue weighted by molar-refractivity contribution is -0.137. The summed E-state index contributed by atoms with van der Waals surface area (Å²) in [5.74, 6) is -0.308. The van der Waals surface area contributed by atoms with E-state index in [0.29, 0.717) is 24.2 Å². The first-order chi connectivity index (χ1) is 12.1. The van der Waals surface area contributed by atoms with E-state index in [0.717, 1.165) is 32.1 Å². The third kappa shape index (κ3) is 6.29. The van der Waals surface area contributed by atoms with Crippen molar-refractivity contribution in [2.75, 3.05) is 0 Å². The quantitative estimate of drug-likeness (QED) is 0.387. The Hall–Kier alpha value is -2.23. The van der Waals surface area contributed by atoms with E-state index in [2.05, 4.69) is 0 Å². The smallest absolute Gasteiger partial charge is 0.303 e. The number of Topliss-reactive ketones (excluding diaryl/α,β-unsaturated/α-hetero) is 1. The van der Waals surface area contributed by atoms with Gasteiger partial charge in [-0.1, -0.05) is 55.7 Å². The van der Waals surface area contributed by atoms with Crippen LogP contribution < -0.4 is 0 Å². The molecule has 1 saturated carbocycles. The molecule has 0 radical (unpaired) electrons. The van der Waals surface area contributed by atoms with Crippen LogP contribution in [0.2, 0.25) is 0 Å². The largest absolute Gasteiger partial charge is 0.481 e. The van der Waals surface area contributed by atoms with Gasteiger partial charge in [-0.25, -0.2) is 0 Å². The number of carbonyl (C=O) groups excluding carboxylic acids is 2. The summed E-state index contributed by atoms with van der Waals surface area (Å²) in [7, 11) is 0. The van der Waals surface area contributed by atoms with E-state index in [9.17, 15) is 14.4 Å². The highest BCUT2D eigenvalue weighted by Gasteiger charge is 2.32. The Bertz CT molecular complexity index is 618. The topological polar surface area (TPSA) is 71.4 Å². The first-order valence-corrected chi connectivity index (χ1v) is 9.10. The van der Waals surface area contributed by atoms with Crippen LogP contribution in [-0.4, -0.2) is 22.6 Å². The average molecular weight is 342 g/mol. The van der Waals surface area contributed by atoms with Crippen molar-refractivity contribution in [3.63, 3.8) is 0 Å². The monoisotopic (exact) mass is 342 g/mol. The van der Waals surface area contributed by atoms with Crippen molar-refractivity contribution >= 4 is 17.5 Å². The minimum atomic E-state index is -0.751. The fourth-order valence-corrected chi connectivity index (χ4v) is 3.44. The molecule has 4 heteroatoms. The van der Waals surface area contributed by atoms with Crippen molar-refractivity contribution in [3.05, 3.63) is 48.0 Å². The molecule has 0 amide bonds. The zero-order chi connectivity index (χ0) is 18.1. The van der Waals surface area contributed by atoms with Crippen LogP contribution in [-0.2, 0) is 9.59 Å². The first kappa shape index (κ1) is 19.1. The first-order valence-electron chi connectivity index (χ1n) is 9.10. The van der Waals surface area contributed by atoms with Gasteiger partial charge in [-0.05, 0) is 31.3 Å². The maximum atomic E-state index is 12.2. The van der Waals surface area contributed by atoms with Crippen molar-refractivity contribution in [3.8, 4) is 0 Å². The molecule has 1 aliphatic rings. The molecule has 0 saturated heterocycles. The number of carboxylic acids is 1. The Balaban J connectivity index is 1.79. The molecule has 1 fully saturated rings. The summed E-state index contributed by atoms with van der Waals surface area (Å²) >= 11 is 0. The number of hydrogen-bond donors (Lipinski definition) is 1. The molecular weight excluding hydrogens is 316 g/mol. The molecular formula is C21H26O4. The second-order valence-electron chi connectivity index (χ2n) is 6.71. The molecule has 0 bridgehead atoms. The predicted octanol–water partition coefficient (Wildman–Crippen LogP) is 4.45. The number of carboxylic acid groups (broad SMARTS) is 1. The molecule has 0 heterocycles. The lowest BCUT2D eigenvalue weighted by Gasteiger charge is -2.14. The average Bonchev–Trinajstić information content (AvgIpc) is 2.96. The maximum Gasteiger partial charge on any atom is 0.303 e. The second kappa shape index (κ2) is 9.92. The molecule has 0 spiro atoms. The molecule has 4 nitrogen and oxygen atoms in total. The summed E-state index contributed by atoms with van der Waals surface area (Å²) in [4.78, 5) is 34.7. The van der Waals surface area contributed by atoms with Crippen LogP contribution in [0.4, 0.5) is 0 Å². The van der Waals surface area contributed by atoms with Crippen LogP contribution >= 0.6 is 0 Å². The summed E-state index contributed by atoms with van der Waals surface area (Å²) in [6, 6.07) is 9.14. The van der Waals surface area contributed by atoms with Crippen LogP contribution in [0.5, 0.6) is 0 Å². The molecule has 2 rings (SSSR count). The van der Waals surface area contributed by atoms with Crippen LogP contribution in [0, 0.1) is 11.8 Å². The summed E-state index contributed by atoms with van der Waals surface area (Å²) in [5.41, 5.74) is 0.665. The number of carbonyl (C=O) groups is 3. The highest BCUT2D eigenvalue weighted by molar-refractivity contribution is 6.04. The van der Waals surface area contributed by atoms with Gasteiger partial charge in [0.05, 0.1) is 0 Å². The molecule has 0 aliphatic heterocycles. The van der Waals surface area contributed by atoms with Crippen molar-refractivity contribution in [2.24, 2.45) is 11.8 Å². The second-order valence-corrected chi connectivity index (χ2v) is 6.71. The van der Waals surface area contributed by atoms with Gasteiger partial charge in [-0.2, -0.15) is 0 Å². The number of unbranched alkanes of at least 4 members (excludes halogenated alkanes) is 3. The van der Waals surface area contributed by atoms with Crippen molar-refractivity contribution < 1.29 is 19.5 Å². The third-order valence-electron chi connectivity index (χ3n) is 4.86. The highest BCUT2D eigenvalue weighted by atomic mass is 16.4. The zero-order valence-electron chi connectivity index (χ0n) is 14.5. The minimum Gasteiger partial charge on any atom is -0.481 e. The number of aliphatic carboxylic acids is 1. The SMILES string of the molecule is O=C(O)CCCCCCC1C(=O)CCC1/C=C/C(=O)c1ccccc1. The van der Waals surface area contributed by atoms with Gasteiger partial charge in [0.25, 0.3) is 0 Å². The summed E-state index contributed by atoms with van der Waals surface area (Å²) in [6.07, 6.45) is 9.47. The third-order valence-corrected chi connectivity index (χ3v) is 4.86. The van der Waals surface area contributed by atoms with Crippen LogP contribution in [0.3, 0.4) is 0 Å². The van der Waals surface area contributed by atoms with Gasteiger partial charge in [-0.15, -0.1) is 0 Å². The maximum absolute atomic E-state index is 12.2. The molecule has 0 aromatic heterocycles. The molecule has 1 N–H and O–H groups in total. The normalized spacial score (nSPS) is 20.2. The molecule has 134 valence electrons. The number of rotatable bonds is 10. The Kier molecular flexibility index (Phi) is 7.58. The molecule has 1 aliphatic carbocycles. The van der Waals surface area contributed by atoms with Crippen molar-refractivity contribution in [2.45, 2.75) is 51.4 Å². The van der Waals surface area contributed by atoms with Crippen molar-refractivity contribution in [1.29, 1.82) is 0 Å². The van der Waals surface area contributed by atoms with E-state index < -0.39 is 5.97 Å². The number of ketones is 2. The summed E-state index contributed by atoms with van der Waals surface area (Å²) in [5, 5.41) is 8.62. The van der Waals surface area contributed by atoms with E-state index in [1.54, 1.807) is 18.2 Å².